The molecule has 0 saturated heterocycles. The van der Waals surface area contributed by atoms with Crippen molar-refractivity contribution in [3.05, 3.63) is 50.7 Å². The van der Waals surface area contributed by atoms with Crippen LogP contribution in [0.25, 0.3) is 11.4 Å². The van der Waals surface area contributed by atoms with Crippen molar-refractivity contribution in [3.63, 3.8) is 0 Å². The second kappa shape index (κ2) is 8.58. The van der Waals surface area contributed by atoms with Crippen molar-refractivity contribution in [3.8, 4) is 11.4 Å². The number of aromatic nitrogens is 4. The normalized spacial score (nSPS) is 10.9. The molecule has 0 unspecified atom stereocenters. The number of aryl methyl sites for hydroxylation is 2. The van der Waals surface area contributed by atoms with Gasteiger partial charge < -0.3 is 4.90 Å². The lowest BCUT2D eigenvalue weighted by Gasteiger charge is -2.16. The Bertz CT molecular complexity index is 988. The number of carbonyl (C=O) groups is 1. The number of thiazole rings is 1. The first-order valence-electron chi connectivity index (χ1n) is 8.87. The van der Waals surface area contributed by atoms with Crippen LogP contribution in [0.3, 0.4) is 0 Å². The first-order valence-corrected chi connectivity index (χ1v) is 10.2. The number of hydrogen-bond acceptors (Lipinski definition) is 5. The minimum absolute atomic E-state index is 0.0549. The van der Waals surface area contributed by atoms with E-state index in [0.717, 1.165) is 34.1 Å². The van der Waals surface area contributed by atoms with E-state index in [1.54, 1.807) is 16.2 Å². The highest BCUT2D eigenvalue weighted by Gasteiger charge is 2.14. The summed E-state index contributed by atoms with van der Waals surface area (Å²) in [5.41, 5.74) is 3.07. The molecule has 0 fully saturated rings. The van der Waals surface area contributed by atoms with Gasteiger partial charge in [-0.3, -0.25) is 14.5 Å². The molecule has 1 aromatic carbocycles. The van der Waals surface area contributed by atoms with Crippen LogP contribution in [-0.4, -0.2) is 37.6 Å². The van der Waals surface area contributed by atoms with Crippen molar-refractivity contribution in [2.45, 2.75) is 39.8 Å². The highest BCUT2D eigenvalue weighted by atomic mass is 32.1. The number of nitrogens with one attached hydrogen (secondary N) is 1. The first-order chi connectivity index (χ1) is 13.0. The van der Waals surface area contributed by atoms with E-state index in [2.05, 4.69) is 28.2 Å². The summed E-state index contributed by atoms with van der Waals surface area (Å²) in [6.45, 7) is 5.13. The van der Waals surface area contributed by atoms with Crippen molar-refractivity contribution >= 4 is 29.5 Å². The van der Waals surface area contributed by atoms with Gasteiger partial charge in [0.2, 0.25) is 5.91 Å². The summed E-state index contributed by atoms with van der Waals surface area (Å²) >= 11 is 6.99. The number of H-pyrrole nitrogens is 1. The SMILES string of the molecule is CCc1nc(CN(C)C(=O)CCn2c(-c3cccc(C)c3)n[nH]c2=S)cs1. The average Bonchev–Trinajstić information content (AvgIpc) is 3.26. The van der Waals surface area contributed by atoms with Gasteiger partial charge in [0.15, 0.2) is 10.6 Å². The predicted molar refractivity (Wildman–Crippen MR) is 110 cm³/mol. The third kappa shape index (κ3) is 4.70. The maximum atomic E-state index is 12.6. The summed E-state index contributed by atoms with van der Waals surface area (Å²) in [5.74, 6) is 0.811. The van der Waals surface area contributed by atoms with E-state index in [1.807, 2.05) is 42.1 Å². The van der Waals surface area contributed by atoms with Crippen molar-refractivity contribution in [1.82, 2.24) is 24.6 Å². The molecule has 0 spiro atoms. The Hall–Kier alpha value is -2.32. The number of aromatic amines is 1. The van der Waals surface area contributed by atoms with Gasteiger partial charge in [-0.05, 0) is 31.6 Å². The lowest BCUT2D eigenvalue weighted by molar-refractivity contribution is -0.130. The third-order valence-electron chi connectivity index (χ3n) is 4.31. The Morgan fingerprint density at radius 3 is 2.93 bits per heavy atom. The van der Waals surface area contributed by atoms with Gasteiger partial charge in [0.25, 0.3) is 0 Å². The van der Waals surface area contributed by atoms with E-state index in [4.69, 9.17) is 12.2 Å². The standard InChI is InChI=1S/C19H23N5OS2/c1-4-16-20-15(12-27-16)11-23(3)17(25)8-9-24-18(21-22-19(24)26)14-7-5-6-13(2)10-14/h5-7,10,12H,4,8-9,11H2,1-3H3,(H,22,26). The molecule has 0 atom stereocenters. The summed E-state index contributed by atoms with van der Waals surface area (Å²) in [6.07, 6.45) is 1.27. The van der Waals surface area contributed by atoms with Gasteiger partial charge in [0.1, 0.15) is 0 Å². The maximum Gasteiger partial charge on any atom is 0.224 e. The summed E-state index contributed by atoms with van der Waals surface area (Å²) in [4.78, 5) is 18.8. The Labute approximate surface area is 167 Å². The number of hydrogen-bond donors (Lipinski definition) is 1. The summed E-state index contributed by atoms with van der Waals surface area (Å²) in [6, 6.07) is 8.08. The quantitative estimate of drug-likeness (QED) is 0.608. The monoisotopic (exact) mass is 401 g/mol. The van der Waals surface area contributed by atoms with Crippen LogP contribution in [-0.2, 0) is 24.3 Å². The molecule has 1 N–H and O–H groups in total. The molecule has 1 amide bonds. The smallest absolute Gasteiger partial charge is 0.224 e. The second-order valence-electron chi connectivity index (χ2n) is 6.46. The van der Waals surface area contributed by atoms with Crippen molar-refractivity contribution < 1.29 is 4.79 Å². The molecule has 0 aliphatic heterocycles. The van der Waals surface area contributed by atoms with E-state index in [1.165, 1.54) is 0 Å². The van der Waals surface area contributed by atoms with Gasteiger partial charge >= 0.3 is 0 Å². The molecule has 8 heteroatoms. The first kappa shape index (κ1) is 19.4. The lowest BCUT2D eigenvalue weighted by Crippen LogP contribution is -2.27. The molecule has 3 aromatic rings. The van der Waals surface area contributed by atoms with Crippen LogP contribution in [0.15, 0.2) is 29.6 Å². The van der Waals surface area contributed by atoms with Gasteiger partial charge in [0, 0.05) is 31.0 Å². The molecule has 0 aliphatic carbocycles. The van der Waals surface area contributed by atoms with E-state index in [-0.39, 0.29) is 5.91 Å². The van der Waals surface area contributed by atoms with Crippen LogP contribution in [0.1, 0.15) is 29.6 Å². The number of carbonyl (C=O) groups excluding carboxylic acids is 1. The molecule has 2 heterocycles. The zero-order chi connectivity index (χ0) is 19.4. The lowest BCUT2D eigenvalue weighted by atomic mass is 10.1. The molecule has 0 radical (unpaired) electrons. The fourth-order valence-corrected chi connectivity index (χ4v) is 3.80. The minimum atomic E-state index is 0.0549. The fourth-order valence-electron chi connectivity index (χ4n) is 2.84. The Balaban J connectivity index is 1.67. The van der Waals surface area contributed by atoms with Crippen LogP contribution in [0.4, 0.5) is 0 Å². The van der Waals surface area contributed by atoms with Gasteiger partial charge in [-0.1, -0.05) is 30.7 Å². The largest absolute Gasteiger partial charge is 0.340 e. The van der Waals surface area contributed by atoms with Crippen LogP contribution in [0.2, 0.25) is 0 Å². The molecule has 2 aromatic heterocycles. The molecule has 3 rings (SSSR count). The Morgan fingerprint density at radius 2 is 2.22 bits per heavy atom. The van der Waals surface area contributed by atoms with Crippen molar-refractivity contribution in [2.24, 2.45) is 0 Å². The predicted octanol–water partition coefficient (Wildman–Crippen LogP) is 3.98. The van der Waals surface area contributed by atoms with Crippen LogP contribution in [0, 0.1) is 11.7 Å². The molecule has 6 nitrogen and oxygen atoms in total. The Kier molecular flexibility index (Phi) is 6.18. The molecule has 0 bridgehead atoms. The van der Waals surface area contributed by atoms with Crippen molar-refractivity contribution in [1.29, 1.82) is 0 Å². The van der Waals surface area contributed by atoms with Gasteiger partial charge in [-0.25, -0.2) is 4.98 Å². The summed E-state index contributed by atoms with van der Waals surface area (Å²) in [5, 5.41) is 10.3. The molecular weight excluding hydrogens is 378 g/mol. The van der Waals surface area contributed by atoms with Crippen molar-refractivity contribution in [2.75, 3.05) is 7.05 Å². The highest BCUT2D eigenvalue weighted by Crippen LogP contribution is 2.19. The minimum Gasteiger partial charge on any atom is -0.340 e. The fraction of sp³-hybridized carbons (Fsp3) is 0.368. The van der Waals surface area contributed by atoms with E-state index < -0.39 is 0 Å². The maximum absolute atomic E-state index is 12.6. The van der Waals surface area contributed by atoms with E-state index in [0.29, 0.717) is 24.3 Å². The number of benzene rings is 1. The van der Waals surface area contributed by atoms with E-state index in [9.17, 15) is 4.79 Å². The van der Waals surface area contributed by atoms with Crippen LogP contribution >= 0.6 is 23.6 Å². The van der Waals surface area contributed by atoms with Gasteiger partial charge in [0.05, 0.1) is 17.2 Å². The van der Waals surface area contributed by atoms with Crippen LogP contribution < -0.4 is 0 Å². The molecule has 142 valence electrons. The van der Waals surface area contributed by atoms with E-state index >= 15 is 0 Å². The molecular formula is C19H23N5OS2. The third-order valence-corrected chi connectivity index (χ3v) is 5.66. The second-order valence-corrected chi connectivity index (χ2v) is 7.79. The zero-order valence-electron chi connectivity index (χ0n) is 15.7. The number of nitrogens with zero attached hydrogens (tertiary/aromatic N) is 4. The highest BCUT2D eigenvalue weighted by molar-refractivity contribution is 7.71. The number of rotatable bonds is 7. The average molecular weight is 402 g/mol. The van der Waals surface area contributed by atoms with Crippen LogP contribution in [0.5, 0.6) is 0 Å². The summed E-state index contributed by atoms with van der Waals surface area (Å²) < 4.78 is 2.41. The summed E-state index contributed by atoms with van der Waals surface area (Å²) in [7, 11) is 1.81. The Morgan fingerprint density at radius 1 is 1.41 bits per heavy atom. The molecule has 0 saturated carbocycles. The zero-order valence-corrected chi connectivity index (χ0v) is 17.4. The van der Waals surface area contributed by atoms with Gasteiger partial charge in [-0.2, -0.15) is 5.10 Å². The molecule has 27 heavy (non-hydrogen) atoms. The molecule has 0 aliphatic rings. The van der Waals surface area contributed by atoms with Gasteiger partial charge in [-0.15, -0.1) is 11.3 Å². The topological polar surface area (TPSA) is 66.8 Å². The number of amides is 1.